The third kappa shape index (κ3) is 3.02. The van der Waals surface area contributed by atoms with E-state index in [-0.39, 0.29) is 17.1 Å². The molecule has 0 aromatic carbocycles. The van der Waals surface area contributed by atoms with Gasteiger partial charge in [0.2, 0.25) is 0 Å². The zero-order chi connectivity index (χ0) is 15.6. The van der Waals surface area contributed by atoms with Crippen LogP contribution in [0.3, 0.4) is 0 Å². The second kappa shape index (κ2) is 5.92. The molecule has 0 spiro atoms. The zero-order valence-electron chi connectivity index (χ0n) is 11.9. The summed E-state index contributed by atoms with van der Waals surface area (Å²) in [5, 5.41) is 22.6. The number of nitrogens with two attached hydrogens (primary N) is 1. The summed E-state index contributed by atoms with van der Waals surface area (Å²) in [6.45, 7) is 1.50. The van der Waals surface area contributed by atoms with E-state index >= 15 is 0 Å². The number of hydrogen-bond acceptors (Lipinski definition) is 7. The molecule has 0 aliphatic carbocycles. The molecule has 1 aromatic rings. The van der Waals surface area contributed by atoms with Gasteiger partial charge in [-0.3, -0.25) is 10.1 Å². The highest BCUT2D eigenvalue weighted by Crippen LogP contribution is 2.26. The maximum Gasteiger partial charge on any atom is 0.288 e. The number of likely N-dealkylation sites (N-methyl/N-ethyl adjacent to an activating group) is 1. The van der Waals surface area contributed by atoms with Crippen molar-refractivity contribution in [3.05, 3.63) is 27.9 Å². The molecule has 0 saturated carbocycles. The van der Waals surface area contributed by atoms with E-state index in [4.69, 9.17) is 10.9 Å². The van der Waals surface area contributed by atoms with E-state index in [9.17, 15) is 10.1 Å². The highest BCUT2D eigenvalue weighted by Gasteiger charge is 2.28. The van der Waals surface area contributed by atoms with Crippen molar-refractivity contribution in [2.45, 2.75) is 12.5 Å². The van der Waals surface area contributed by atoms with Crippen LogP contribution < -0.4 is 10.6 Å². The number of pyridine rings is 1. The third-order valence-corrected chi connectivity index (χ3v) is 3.64. The molecule has 2 rings (SSSR count). The largest absolute Gasteiger partial charge is 0.409 e. The number of nitrogens with zero attached hydrogens (tertiary/aromatic N) is 5. The molecule has 1 aromatic heterocycles. The molecule has 0 bridgehead atoms. The van der Waals surface area contributed by atoms with Crippen LogP contribution in [0.2, 0.25) is 0 Å². The van der Waals surface area contributed by atoms with Gasteiger partial charge in [0.1, 0.15) is 12.0 Å². The van der Waals surface area contributed by atoms with Gasteiger partial charge in [-0.15, -0.1) is 0 Å². The molecule has 21 heavy (non-hydrogen) atoms. The SMILES string of the molecule is CN(C)C1CCN(c2ncc([N+](=O)[O-])cc2C(N)=NO)C1. The number of aromatic nitrogens is 1. The molecule has 1 fully saturated rings. The Labute approximate surface area is 121 Å². The normalized spacial score (nSPS) is 19.3. The lowest BCUT2D eigenvalue weighted by Crippen LogP contribution is -2.32. The minimum Gasteiger partial charge on any atom is -0.409 e. The number of nitro groups is 1. The topological polar surface area (TPSA) is 121 Å². The summed E-state index contributed by atoms with van der Waals surface area (Å²) >= 11 is 0. The summed E-state index contributed by atoms with van der Waals surface area (Å²) in [4.78, 5) is 18.5. The van der Waals surface area contributed by atoms with E-state index in [1.165, 1.54) is 12.3 Å². The molecule has 9 nitrogen and oxygen atoms in total. The highest BCUT2D eigenvalue weighted by molar-refractivity contribution is 6.02. The van der Waals surface area contributed by atoms with Gasteiger partial charge < -0.3 is 20.7 Å². The lowest BCUT2D eigenvalue weighted by Gasteiger charge is -2.22. The number of hydrogen-bond donors (Lipinski definition) is 2. The standard InChI is InChI=1S/C12H18N6O3/c1-16(2)8-3-4-17(7-8)12-10(11(13)15-19)5-9(6-14-12)18(20)21/h5-6,8,19H,3-4,7H2,1-2H3,(H2,13,15). The first-order valence-electron chi connectivity index (χ1n) is 6.47. The Kier molecular flexibility index (Phi) is 4.22. The van der Waals surface area contributed by atoms with Crippen LogP contribution in [-0.4, -0.2) is 59.1 Å². The predicted octanol–water partition coefficient (Wildman–Crippen LogP) is 0.225. The van der Waals surface area contributed by atoms with E-state index < -0.39 is 4.92 Å². The van der Waals surface area contributed by atoms with Crippen LogP contribution in [0.4, 0.5) is 11.5 Å². The van der Waals surface area contributed by atoms with Gasteiger partial charge in [0, 0.05) is 25.2 Å². The fourth-order valence-corrected chi connectivity index (χ4v) is 2.40. The van der Waals surface area contributed by atoms with Crippen molar-refractivity contribution in [1.82, 2.24) is 9.88 Å². The van der Waals surface area contributed by atoms with Gasteiger partial charge in [0.15, 0.2) is 5.84 Å². The van der Waals surface area contributed by atoms with Crippen LogP contribution in [0.1, 0.15) is 12.0 Å². The van der Waals surface area contributed by atoms with Crippen LogP contribution in [-0.2, 0) is 0 Å². The summed E-state index contributed by atoms with van der Waals surface area (Å²) < 4.78 is 0. The Balaban J connectivity index is 2.37. The number of amidine groups is 1. The summed E-state index contributed by atoms with van der Waals surface area (Å²) in [6, 6.07) is 1.66. The molecule has 1 aliphatic heterocycles. The second-order valence-electron chi connectivity index (χ2n) is 5.16. The van der Waals surface area contributed by atoms with Crippen LogP contribution in [0.15, 0.2) is 17.4 Å². The van der Waals surface area contributed by atoms with Gasteiger partial charge in [-0.05, 0) is 20.5 Å². The molecule has 114 valence electrons. The average molecular weight is 294 g/mol. The molecule has 0 amide bonds. The third-order valence-electron chi connectivity index (χ3n) is 3.64. The van der Waals surface area contributed by atoms with Crippen molar-refractivity contribution >= 4 is 17.3 Å². The van der Waals surface area contributed by atoms with E-state index in [1.807, 2.05) is 19.0 Å². The van der Waals surface area contributed by atoms with Crippen LogP contribution in [0, 0.1) is 10.1 Å². The van der Waals surface area contributed by atoms with Crippen LogP contribution in [0.25, 0.3) is 0 Å². The van der Waals surface area contributed by atoms with Crippen LogP contribution in [0.5, 0.6) is 0 Å². The smallest absolute Gasteiger partial charge is 0.288 e. The maximum atomic E-state index is 10.8. The second-order valence-corrected chi connectivity index (χ2v) is 5.16. The molecule has 1 aliphatic rings. The quantitative estimate of drug-likeness (QED) is 0.268. The first-order chi connectivity index (χ1) is 9.93. The molecule has 1 atom stereocenters. The fraction of sp³-hybridized carbons (Fsp3) is 0.500. The molecule has 1 unspecified atom stereocenters. The van der Waals surface area contributed by atoms with Gasteiger partial charge in [-0.2, -0.15) is 0 Å². The Bertz CT molecular complexity index is 574. The lowest BCUT2D eigenvalue weighted by molar-refractivity contribution is -0.385. The Morgan fingerprint density at radius 2 is 2.38 bits per heavy atom. The Morgan fingerprint density at radius 1 is 1.67 bits per heavy atom. The molecular weight excluding hydrogens is 276 g/mol. The van der Waals surface area contributed by atoms with E-state index in [1.54, 1.807) is 0 Å². The average Bonchev–Trinajstić information content (AvgIpc) is 2.95. The van der Waals surface area contributed by atoms with Gasteiger partial charge in [0.25, 0.3) is 5.69 Å². The molecule has 0 radical (unpaired) electrons. The van der Waals surface area contributed by atoms with Crippen molar-refractivity contribution in [2.24, 2.45) is 10.9 Å². The monoisotopic (exact) mass is 294 g/mol. The fourth-order valence-electron chi connectivity index (χ4n) is 2.40. The van der Waals surface area contributed by atoms with Crippen molar-refractivity contribution < 1.29 is 10.1 Å². The van der Waals surface area contributed by atoms with Gasteiger partial charge in [-0.25, -0.2) is 4.98 Å². The molecule has 9 heteroatoms. The van der Waals surface area contributed by atoms with Gasteiger partial charge in [0.05, 0.1) is 10.5 Å². The lowest BCUT2D eigenvalue weighted by atomic mass is 10.2. The van der Waals surface area contributed by atoms with Crippen molar-refractivity contribution in [2.75, 3.05) is 32.1 Å². The summed E-state index contributed by atoms with van der Waals surface area (Å²) in [5.41, 5.74) is 5.71. The van der Waals surface area contributed by atoms with Gasteiger partial charge >= 0.3 is 0 Å². The predicted molar refractivity (Wildman–Crippen MR) is 77.7 cm³/mol. The zero-order valence-corrected chi connectivity index (χ0v) is 11.9. The summed E-state index contributed by atoms with van der Waals surface area (Å²) in [5.74, 6) is 0.315. The number of oxime groups is 1. The minimum atomic E-state index is -0.558. The molecular formula is C12H18N6O3. The van der Waals surface area contributed by atoms with E-state index in [0.29, 0.717) is 11.9 Å². The number of anilines is 1. The maximum absolute atomic E-state index is 10.8. The first-order valence-corrected chi connectivity index (χ1v) is 6.47. The minimum absolute atomic E-state index is 0.186. The van der Waals surface area contributed by atoms with Crippen LogP contribution >= 0.6 is 0 Å². The van der Waals surface area contributed by atoms with Crippen molar-refractivity contribution in [1.29, 1.82) is 0 Å². The Hall–Kier alpha value is -2.42. The summed E-state index contributed by atoms with van der Waals surface area (Å²) in [7, 11) is 4.00. The van der Waals surface area contributed by atoms with Crippen molar-refractivity contribution in [3.63, 3.8) is 0 Å². The van der Waals surface area contributed by atoms with E-state index in [2.05, 4.69) is 15.0 Å². The Morgan fingerprint density at radius 3 is 2.90 bits per heavy atom. The molecule has 2 heterocycles. The van der Waals surface area contributed by atoms with Crippen molar-refractivity contribution in [3.8, 4) is 0 Å². The molecule has 1 saturated heterocycles. The van der Waals surface area contributed by atoms with E-state index in [0.717, 1.165) is 19.5 Å². The molecule has 3 N–H and O–H groups in total. The number of rotatable bonds is 4. The first kappa shape index (κ1) is 15.0. The summed E-state index contributed by atoms with van der Waals surface area (Å²) in [6.07, 6.45) is 2.15. The van der Waals surface area contributed by atoms with Gasteiger partial charge in [-0.1, -0.05) is 5.16 Å². The highest BCUT2D eigenvalue weighted by atomic mass is 16.6.